The number of urea groups is 1. The highest BCUT2D eigenvalue weighted by Gasteiger charge is 2.18. The van der Waals surface area contributed by atoms with Crippen molar-refractivity contribution >= 4 is 11.9 Å². The first-order chi connectivity index (χ1) is 8.04. The van der Waals surface area contributed by atoms with Gasteiger partial charge in [0, 0.05) is 26.8 Å². The van der Waals surface area contributed by atoms with Gasteiger partial charge in [0.25, 0.3) is 0 Å². The van der Waals surface area contributed by atoms with E-state index in [2.05, 4.69) is 16.0 Å². The van der Waals surface area contributed by atoms with Crippen molar-refractivity contribution in [1.29, 1.82) is 0 Å². The first-order valence-electron chi connectivity index (χ1n) is 5.43. The molecule has 0 rings (SSSR count). The molecule has 0 aliphatic heterocycles. The van der Waals surface area contributed by atoms with E-state index in [0.717, 1.165) is 0 Å². The smallest absolute Gasteiger partial charge is 0.321 e. The van der Waals surface area contributed by atoms with Crippen molar-refractivity contribution in [1.82, 2.24) is 16.0 Å². The van der Waals surface area contributed by atoms with Gasteiger partial charge >= 0.3 is 6.03 Å². The Kier molecular flexibility index (Phi) is 8.29. The maximum absolute atomic E-state index is 11.5. The van der Waals surface area contributed by atoms with Crippen LogP contribution in [0.4, 0.5) is 4.79 Å². The minimum atomic E-state index is -0.547. The highest BCUT2D eigenvalue weighted by atomic mass is 16.5. The minimum Gasteiger partial charge on any atom is -0.396 e. The summed E-state index contributed by atoms with van der Waals surface area (Å²) < 4.78 is 4.95. The number of hydrogen-bond donors (Lipinski definition) is 4. The number of nitrogens with one attached hydrogen (secondary N) is 3. The largest absolute Gasteiger partial charge is 0.396 e. The Morgan fingerprint density at radius 3 is 2.53 bits per heavy atom. The highest BCUT2D eigenvalue weighted by molar-refractivity contribution is 5.96. The molecule has 4 N–H and O–H groups in total. The second-order valence-corrected chi connectivity index (χ2v) is 3.62. The summed E-state index contributed by atoms with van der Waals surface area (Å²) in [4.78, 5) is 22.4. The molecule has 0 aliphatic rings. The van der Waals surface area contributed by atoms with Crippen LogP contribution in [-0.2, 0) is 9.53 Å². The number of carbonyl (C=O) groups excluding carboxylic acids is 2. The van der Waals surface area contributed by atoms with Crippen LogP contribution >= 0.6 is 0 Å². The van der Waals surface area contributed by atoms with E-state index in [1.54, 1.807) is 14.0 Å². The van der Waals surface area contributed by atoms with Gasteiger partial charge in [0.2, 0.25) is 5.91 Å². The maximum Gasteiger partial charge on any atom is 0.321 e. The zero-order chi connectivity index (χ0) is 13.3. The minimum absolute atomic E-state index is 0.00477. The van der Waals surface area contributed by atoms with Crippen molar-refractivity contribution in [3.8, 4) is 0 Å². The molecule has 0 saturated heterocycles. The summed E-state index contributed by atoms with van der Waals surface area (Å²) >= 11 is 0. The molecule has 0 aromatic rings. The summed E-state index contributed by atoms with van der Waals surface area (Å²) in [6.45, 7) is 2.03. The first kappa shape index (κ1) is 15.8. The van der Waals surface area contributed by atoms with E-state index in [9.17, 15) is 9.59 Å². The van der Waals surface area contributed by atoms with Gasteiger partial charge in [0.15, 0.2) is 0 Å². The molecule has 7 heteroatoms. The number of hydrogen-bond acceptors (Lipinski definition) is 5. The normalized spacial score (nSPS) is 13.9. The summed E-state index contributed by atoms with van der Waals surface area (Å²) in [6.07, 6.45) is 0.478. The highest BCUT2D eigenvalue weighted by Crippen LogP contribution is 1.95. The van der Waals surface area contributed by atoms with Crippen molar-refractivity contribution in [2.24, 2.45) is 0 Å². The van der Waals surface area contributed by atoms with Crippen LogP contribution in [0.2, 0.25) is 0 Å². The molecule has 17 heavy (non-hydrogen) atoms. The monoisotopic (exact) mass is 247 g/mol. The van der Waals surface area contributed by atoms with E-state index < -0.39 is 18.0 Å². The van der Waals surface area contributed by atoms with Crippen molar-refractivity contribution in [3.63, 3.8) is 0 Å². The molecule has 2 unspecified atom stereocenters. The number of aliphatic hydroxyl groups is 1. The molecule has 0 heterocycles. The Bertz CT molecular complexity index is 242. The fraction of sp³-hybridized carbons (Fsp3) is 0.800. The lowest BCUT2D eigenvalue weighted by atomic mass is 10.2. The average Bonchev–Trinajstić information content (AvgIpc) is 2.29. The molecule has 0 saturated carbocycles. The Morgan fingerprint density at radius 1 is 1.41 bits per heavy atom. The van der Waals surface area contributed by atoms with E-state index in [0.29, 0.717) is 13.0 Å². The molecular weight excluding hydrogens is 226 g/mol. The van der Waals surface area contributed by atoms with E-state index in [1.165, 1.54) is 7.05 Å². The quantitative estimate of drug-likeness (QED) is 0.454. The third-order valence-corrected chi connectivity index (χ3v) is 2.19. The number of aliphatic hydroxyl groups excluding tert-OH is 1. The molecule has 7 nitrogen and oxygen atoms in total. The van der Waals surface area contributed by atoms with Crippen LogP contribution in [0, 0.1) is 0 Å². The molecule has 0 aromatic carbocycles. The lowest BCUT2D eigenvalue weighted by Gasteiger charge is -2.21. The van der Waals surface area contributed by atoms with E-state index in [1.807, 2.05) is 0 Å². The second kappa shape index (κ2) is 8.91. The van der Waals surface area contributed by atoms with E-state index >= 15 is 0 Å². The zero-order valence-corrected chi connectivity index (χ0v) is 10.4. The van der Waals surface area contributed by atoms with Gasteiger partial charge < -0.3 is 20.5 Å². The van der Waals surface area contributed by atoms with Gasteiger partial charge in [-0.25, -0.2) is 4.79 Å². The summed E-state index contributed by atoms with van der Waals surface area (Å²) in [5.41, 5.74) is 0. The van der Waals surface area contributed by atoms with Crippen molar-refractivity contribution < 1.29 is 19.4 Å². The number of rotatable bonds is 7. The van der Waals surface area contributed by atoms with Gasteiger partial charge in [-0.05, 0) is 13.3 Å². The van der Waals surface area contributed by atoms with Gasteiger partial charge in [-0.15, -0.1) is 0 Å². The maximum atomic E-state index is 11.5. The molecule has 2 atom stereocenters. The zero-order valence-electron chi connectivity index (χ0n) is 10.4. The van der Waals surface area contributed by atoms with Crippen molar-refractivity contribution in [2.45, 2.75) is 25.4 Å². The number of carbonyl (C=O) groups is 2. The summed E-state index contributed by atoms with van der Waals surface area (Å²) in [5, 5.41) is 16.3. The third-order valence-electron chi connectivity index (χ3n) is 2.19. The second-order valence-electron chi connectivity index (χ2n) is 3.62. The van der Waals surface area contributed by atoms with Crippen LogP contribution in [0.1, 0.15) is 13.3 Å². The third kappa shape index (κ3) is 6.88. The van der Waals surface area contributed by atoms with E-state index in [-0.39, 0.29) is 12.6 Å². The Hall–Kier alpha value is -1.18. The lowest BCUT2D eigenvalue weighted by Crippen LogP contribution is -2.51. The van der Waals surface area contributed by atoms with Crippen molar-refractivity contribution in [2.75, 3.05) is 27.4 Å². The molecule has 0 fully saturated rings. The Labute approximate surface area is 101 Å². The Balaban J connectivity index is 4.14. The predicted octanol–water partition coefficient (Wildman–Crippen LogP) is -1.18. The molecule has 0 spiro atoms. The Morgan fingerprint density at radius 2 is 2.06 bits per heavy atom. The SMILES string of the molecule is CNC(=O)NC(=O)C(C)NC(CCO)COC. The predicted molar refractivity (Wildman–Crippen MR) is 62.6 cm³/mol. The fourth-order valence-electron chi connectivity index (χ4n) is 1.28. The summed E-state index contributed by atoms with van der Waals surface area (Å²) in [5.74, 6) is -0.427. The van der Waals surface area contributed by atoms with Crippen LogP contribution in [0.5, 0.6) is 0 Å². The molecule has 0 aromatic heterocycles. The number of methoxy groups -OCH3 is 1. The molecule has 0 bridgehead atoms. The fourth-order valence-corrected chi connectivity index (χ4v) is 1.28. The average molecular weight is 247 g/mol. The lowest BCUT2D eigenvalue weighted by molar-refractivity contribution is -0.122. The standard InChI is InChI=1S/C10H21N3O4/c1-7(9(15)13-10(16)11-2)12-8(4-5-14)6-17-3/h7-8,12,14H,4-6H2,1-3H3,(H2,11,13,15,16). The topological polar surface area (TPSA) is 99.7 Å². The summed E-state index contributed by atoms with van der Waals surface area (Å²) in [7, 11) is 2.97. The number of imide groups is 1. The van der Waals surface area contributed by atoms with Crippen LogP contribution in [0.3, 0.4) is 0 Å². The van der Waals surface area contributed by atoms with Gasteiger partial charge in [-0.2, -0.15) is 0 Å². The van der Waals surface area contributed by atoms with Crippen LogP contribution in [0.15, 0.2) is 0 Å². The molecule has 0 radical (unpaired) electrons. The molecule has 3 amide bonds. The summed E-state index contributed by atoms with van der Waals surface area (Å²) in [6, 6.07) is -1.22. The molecular formula is C10H21N3O4. The van der Waals surface area contributed by atoms with Crippen molar-refractivity contribution in [3.05, 3.63) is 0 Å². The first-order valence-corrected chi connectivity index (χ1v) is 5.43. The van der Waals surface area contributed by atoms with Crippen LogP contribution in [-0.4, -0.2) is 56.5 Å². The van der Waals surface area contributed by atoms with Gasteiger partial charge in [0.05, 0.1) is 12.6 Å². The van der Waals surface area contributed by atoms with Crippen LogP contribution < -0.4 is 16.0 Å². The van der Waals surface area contributed by atoms with E-state index in [4.69, 9.17) is 9.84 Å². The van der Waals surface area contributed by atoms with Crippen LogP contribution in [0.25, 0.3) is 0 Å². The van der Waals surface area contributed by atoms with Gasteiger partial charge in [-0.3, -0.25) is 10.1 Å². The molecule has 0 aliphatic carbocycles. The molecule has 100 valence electrons. The van der Waals surface area contributed by atoms with Gasteiger partial charge in [0.1, 0.15) is 0 Å². The van der Waals surface area contributed by atoms with Gasteiger partial charge in [-0.1, -0.05) is 0 Å². The number of ether oxygens (including phenoxy) is 1. The number of amides is 3.